The molecule has 3 atom stereocenters. The Balaban J connectivity index is 0.00000341. The fourth-order valence-electron chi connectivity index (χ4n) is 3.92. The van der Waals surface area contributed by atoms with E-state index in [1.165, 1.54) is 12.8 Å². The van der Waals surface area contributed by atoms with E-state index in [2.05, 4.69) is 9.89 Å². The SMILES string of the molecule is CC(C)(C)C(=O)OCOC(=O)C1N2C(=O)C(N=CN3CCCCCC3)[C@H]2SC1(C)C.Cl. The predicted molar refractivity (Wildman–Crippen MR) is 122 cm³/mol. The normalized spacial score (nSPS) is 27.8. The lowest BCUT2D eigenvalue weighted by Gasteiger charge is -2.41. The quantitative estimate of drug-likeness (QED) is 0.198. The van der Waals surface area contributed by atoms with Gasteiger partial charge < -0.3 is 19.3 Å². The first-order valence-electron chi connectivity index (χ1n) is 10.6. The molecule has 3 fully saturated rings. The molecule has 31 heavy (non-hydrogen) atoms. The van der Waals surface area contributed by atoms with Crippen LogP contribution in [0, 0.1) is 5.41 Å². The van der Waals surface area contributed by atoms with Gasteiger partial charge in [0.1, 0.15) is 11.4 Å². The zero-order valence-electron chi connectivity index (χ0n) is 19.0. The third-order valence-electron chi connectivity index (χ3n) is 5.67. The highest BCUT2D eigenvalue weighted by Gasteiger charge is 2.64. The van der Waals surface area contributed by atoms with Gasteiger partial charge in [-0.05, 0) is 47.5 Å². The minimum absolute atomic E-state index is 0. The summed E-state index contributed by atoms with van der Waals surface area (Å²) in [5, 5.41) is -0.176. The van der Waals surface area contributed by atoms with Crippen LogP contribution in [-0.2, 0) is 23.9 Å². The van der Waals surface area contributed by atoms with Crippen LogP contribution in [0.1, 0.15) is 60.3 Å². The number of hydrogen-bond acceptors (Lipinski definition) is 7. The Bertz CT molecular complexity index is 716. The van der Waals surface area contributed by atoms with Crippen molar-refractivity contribution in [2.45, 2.75) is 82.5 Å². The number of carbonyl (C=O) groups is 3. The second-order valence-corrected chi connectivity index (χ2v) is 11.5. The molecule has 3 aliphatic rings. The number of ether oxygens (including phenoxy) is 2. The minimum atomic E-state index is -0.724. The van der Waals surface area contributed by atoms with Crippen LogP contribution in [0.25, 0.3) is 0 Å². The number of nitrogens with zero attached hydrogens (tertiary/aromatic N) is 3. The predicted octanol–water partition coefficient (Wildman–Crippen LogP) is 2.83. The highest BCUT2D eigenvalue weighted by Crippen LogP contribution is 2.51. The molecule has 3 aliphatic heterocycles. The molecule has 0 bridgehead atoms. The van der Waals surface area contributed by atoms with Crippen molar-refractivity contribution < 1.29 is 23.9 Å². The summed E-state index contributed by atoms with van der Waals surface area (Å²) in [5.41, 5.74) is -0.675. The molecule has 176 valence electrons. The molecule has 0 spiro atoms. The number of carbonyl (C=O) groups excluding carboxylic acids is 3. The number of amides is 1. The maximum absolute atomic E-state index is 12.8. The van der Waals surface area contributed by atoms with Gasteiger partial charge >= 0.3 is 11.9 Å². The number of thioether (sulfide) groups is 1. The third kappa shape index (κ3) is 5.66. The van der Waals surface area contributed by atoms with Crippen molar-refractivity contribution in [3.8, 4) is 0 Å². The Hall–Kier alpha value is -1.48. The number of rotatable bonds is 5. The molecule has 10 heteroatoms. The van der Waals surface area contributed by atoms with Crippen LogP contribution in [0.3, 0.4) is 0 Å². The monoisotopic (exact) mass is 475 g/mol. The van der Waals surface area contributed by atoms with Crippen molar-refractivity contribution in [2.75, 3.05) is 19.9 Å². The van der Waals surface area contributed by atoms with E-state index in [9.17, 15) is 14.4 Å². The summed E-state index contributed by atoms with van der Waals surface area (Å²) >= 11 is 1.56. The lowest BCUT2D eigenvalue weighted by Crippen LogP contribution is -2.65. The first kappa shape index (κ1) is 25.8. The lowest BCUT2D eigenvalue weighted by molar-refractivity contribution is -0.179. The van der Waals surface area contributed by atoms with Gasteiger partial charge in [-0.25, -0.2) is 4.79 Å². The molecule has 8 nitrogen and oxygen atoms in total. The largest absolute Gasteiger partial charge is 0.427 e. The van der Waals surface area contributed by atoms with Crippen LogP contribution in [0.2, 0.25) is 0 Å². The third-order valence-corrected chi connectivity index (χ3v) is 7.23. The van der Waals surface area contributed by atoms with Crippen LogP contribution in [0.15, 0.2) is 4.99 Å². The van der Waals surface area contributed by atoms with Crippen molar-refractivity contribution in [1.29, 1.82) is 0 Å². The Morgan fingerprint density at radius 1 is 1.16 bits per heavy atom. The van der Waals surface area contributed by atoms with Crippen molar-refractivity contribution >= 4 is 48.4 Å². The van der Waals surface area contributed by atoms with Crippen LogP contribution >= 0.6 is 24.2 Å². The second-order valence-electron chi connectivity index (χ2n) is 9.68. The fraction of sp³-hybridized carbons (Fsp3) is 0.810. The van der Waals surface area contributed by atoms with Crippen molar-refractivity contribution in [2.24, 2.45) is 10.4 Å². The second kappa shape index (κ2) is 9.98. The summed E-state index contributed by atoms with van der Waals surface area (Å²) in [6.45, 7) is 10.5. The van der Waals surface area contributed by atoms with Crippen molar-refractivity contribution in [1.82, 2.24) is 9.80 Å². The zero-order chi connectivity index (χ0) is 22.1. The Morgan fingerprint density at radius 3 is 2.35 bits per heavy atom. The van der Waals surface area contributed by atoms with Gasteiger partial charge in [-0.3, -0.25) is 14.6 Å². The topological polar surface area (TPSA) is 88.5 Å². The Kier molecular flexibility index (Phi) is 8.30. The summed E-state index contributed by atoms with van der Waals surface area (Å²) in [7, 11) is 0. The maximum atomic E-state index is 12.8. The maximum Gasteiger partial charge on any atom is 0.333 e. The smallest absolute Gasteiger partial charge is 0.333 e. The highest BCUT2D eigenvalue weighted by molar-refractivity contribution is 8.01. The number of esters is 2. The van der Waals surface area contributed by atoms with Crippen molar-refractivity contribution in [3.63, 3.8) is 0 Å². The average molecular weight is 476 g/mol. The van der Waals surface area contributed by atoms with Gasteiger partial charge in [0, 0.05) is 17.8 Å². The summed E-state index contributed by atoms with van der Waals surface area (Å²) in [6.07, 6.45) is 6.59. The summed E-state index contributed by atoms with van der Waals surface area (Å²) < 4.78 is 9.71. The molecule has 0 aliphatic carbocycles. The van der Waals surface area contributed by atoms with E-state index in [0.29, 0.717) is 0 Å². The van der Waals surface area contributed by atoms with E-state index >= 15 is 0 Å². The molecule has 2 unspecified atom stereocenters. The van der Waals surface area contributed by atoms with Gasteiger partial charge in [0.25, 0.3) is 5.91 Å². The molecule has 0 aromatic heterocycles. The number of fused-ring (bicyclic) bond motifs is 1. The molecule has 0 radical (unpaired) electrons. The van der Waals surface area contributed by atoms with Crippen LogP contribution in [0.4, 0.5) is 0 Å². The minimum Gasteiger partial charge on any atom is -0.427 e. The molecule has 0 N–H and O–H groups in total. The molecule has 3 saturated heterocycles. The van der Waals surface area contributed by atoms with Gasteiger partial charge in [-0.1, -0.05) is 12.8 Å². The Labute approximate surface area is 194 Å². The van der Waals surface area contributed by atoms with Gasteiger partial charge in [-0.2, -0.15) is 0 Å². The standard InChI is InChI=1S/C21H33N3O5S.ClH/c1-20(2,3)19(27)29-13-28-18(26)15-21(4,5)30-17-14(16(25)24(15)17)22-12-23-10-8-6-7-9-11-23;/h12,14-15,17H,6-11,13H2,1-5H3;1H/t14?,15?,17-;/m1./s1. The average Bonchev–Trinajstić information content (AvgIpc) is 2.80. The first-order chi connectivity index (χ1) is 14.0. The zero-order valence-corrected chi connectivity index (χ0v) is 20.6. The van der Waals surface area contributed by atoms with Crippen LogP contribution in [0.5, 0.6) is 0 Å². The van der Waals surface area contributed by atoms with E-state index in [1.807, 2.05) is 20.2 Å². The summed E-state index contributed by atoms with van der Waals surface area (Å²) in [4.78, 5) is 45.7. The van der Waals surface area contributed by atoms with Crippen LogP contribution in [-0.4, -0.2) is 76.1 Å². The molecule has 3 rings (SSSR count). The molecule has 0 aromatic rings. The molecule has 0 aromatic carbocycles. The number of β-lactam (4-membered cyclic amide) rings is 1. The number of halogens is 1. The van der Waals surface area contributed by atoms with E-state index in [0.717, 1.165) is 25.9 Å². The molecule has 3 heterocycles. The van der Waals surface area contributed by atoms with E-state index in [-0.39, 0.29) is 23.7 Å². The molecular formula is C21H34ClN3O5S. The van der Waals surface area contributed by atoms with E-state index in [1.54, 1.807) is 37.4 Å². The first-order valence-corrected chi connectivity index (χ1v) is 11.5. The van der Waals surface area contributed by atoms with Crippen LogP contribution < -0.4 is 0 Å². The highest BCUT2D eigenvalue weighted by atomic mass is 35.5. The number of aliphatic imine (C=N–C) groups is 1. The summed E-state index contributed by atoms with van der Waals surface area (Å²) in [6, 6.07) is -1.19. The van der Waals surface area contributed by atoms with E-state index < -0.39 is 41.0 Å². The molecule has 0 saturated carbocycles. The van der Waals surface area contributed by atoms with Gasteiger partial charge in [0.05, 0.1) is 11.8 Å². The lowest BCUT2D eigenvalue weighted by atomic mass is 9.96. The fourth-order valence-corrected chi connectivity index (χ4v) is 5.54. The van der Waals surface area contributed by atoms with E-state index in [4.69, 9.17) is 9.47 Å². The molecular weight excluding hydrogens is 442 g/mol. The molecule has 1 amide bonds. The van der Waals surface area contributed by atoms with Gasteiger partial charge in [0.15, 0.2) is 6.04 Å². The number of likely N-dealkylation sites (tertiary alicyclic amines) is 1. The van der Waals surface area contributed by atoms with Gasteiger partial charge in [-0.15, -0.1) is 24.2 Å². The number of hydrogen-bond donors (Lipinski definition) is 0. The summed E-state index contributed by atoms with van der Waals surface area (Å²) in [5.74, 6) is -1.16. The van der Waals surface area contributed by atoms with Gasteiger partial charge in [0.2, 0.25) is 6.79 Å². The van der Waals surface area contributed by atoms with Crippen molar-refractivity contribution in [3.05, 3.63) is 0 Å². The Morgan fingerprint density at radius 2 is 1.77 bits per heavy atom.